The molecule has 2 aromatic heterocycles. The molecule has 0 spiro atoms. The Kier molecular flexibility index (Phi) is 4.29. The molecule has 2 bridgehead atoms. The zero-order valence-electron chi connectivity index (χ0n) is 17.6. The molecule has 2 aliphatic rings. The molecule has 0 aliphatic heterocycles. The van der Waals surface area contributed by atoms with Crippen molar-refractivity contribution in [3.63, 3.8) is 0 Å². The first-order chi connectivity index (χ1) is 14.8. The Labute approximate surface area is 179 Å². The second kappa shape index (κ2) is 6.70. The van der Waals surface area contributed by atoms with E-state index in [4.69, 9.17) is 4.98 Å². The lowest BCUT2D eigenvalue weighted by Crippen LogP contribution is -2.38. The van der Waals surface area contributed by atoms with Gasteiger partial charge in [0.2, 0.25) is 0 Å². The third kappa shape index (κ3) is 2.55. The summed E-state index contributed by atoms with van der Waals surface area (Å²) in [5.41, 5.74) is 1.97. The molecule has 0 unspecified atom stereocenters. The third-order valence-electron chi connectivity index (χ3n) is 7.28. The molecular weight excluding hydrogens is 398 g/mol. The zero-order chi connectivity index (χ0) is 22.0. The van der Waals surface area contributed by atoms with Gasteiger partial charge in [0.15, 0.2) is 5.78 Å². The predicted octanol–water partition coefficient (Wildman–Crippen LogP) is 5.01. The van der Waals surface area contributed by atoms with E-state index in [0.717, 1.165) is 24.1 Å². The Morgan fingerprint density at radius 2 is 1.90 bits per heavy atom. The Morgan fingerprint density at radius 1 is 1.16 bits per heavy atom. The van der Waals surface area contributed by atoms with E-state index < -0.39 is 17.0 Å². The van der Waals surface area contributed by atoms with Gasteiger partial charge in [0.25, 0.3) is 0 Å². The van der Waals surface area contributed by atoms with Crippen molar-refractivity contribution in [1.82, 2.24) is 20.2 Å². The number of ketones is 1. The van der Waals surface area contributed by atoms with E-state index in [0.29, 0.717) is 17.8 Å². The lowest BCUT2D eigenvalue weighted by atomic mass is 9.66. The molecule has 0 N–H and O–H groups in total. The average molecular weight is 420 g/mol. The highest BCUT2D eigenvalue weighted by Crippen LogP contribution is 2.69. The number of hydrogen-bond donors (Lipinski definition) is 0. The van der Waals surface area contributed by atoms with Gasteiger partial charge in [-0.3, -0.25) is 9.78 Å². The number of hydrogen-bond acceptors (Lipinski definition) is 5. The van der Waals surface area contributed by atoms with Crippen LogP contribution in [0, 0.1) is 17.0 Å². The minimum Gasteiger partial charge on any atom is -0.292 e. The number of nitrogens with zero attached hydrogens (tertiary/aromatic N) is 4. The summed E-state index contributed by atoms with van der Waals surface area (Å²) in [4.78, 5) is 21.3. The van der Waals surface area contributed by atoms with Gasteiger partial charge in [0, 0.05) is 12.6 Å². The molecule has 0 amide bonds. The Morgan fingerprint density at radius 3 is 2.61 bits per heavy atom. The number of fused-ring (bicyclic) bond motifs is 5. The molecule has 2 atom stereocenters. The largest absolute Gasteiger partial charge is 0.292 e. The van der Waals surface area contributed by atoms with Crippen LogP contribution in [0.15, 0.2) is 36.7 Å². The second-order valence-corrected chi connectivity index (χ2v) is 8.91. The normalized spacial score (nSPS) is 23.1. The molecule has 2 aliphatic carbocycles. The molecule has 5 rings (SSSR count). The van der Waals surface area contributed by atoms with Crippen LogP contribution >= 0.6 is 0 Å². The molecular formula is C24H22F2N4O. The van der Waals surface area contributed by atoms with E-state index >= 15 is 0 Å². The van der Waals surface area contributed by atoms with Crippen LogP contribution in [-0.4, -0.2) is 25.9 Å². The van der Waals surface area contributed by atoms with Crippen LogP contribution in [0.5, 0.6) is 0 Å². The molecule has 1 fully saturated rings. The van der Waals surface area contributed by atoms with Gasteiger partial charge in [0.05, 0.1) is 34.3 Å². The molecule has 3 aromatic rings. The van der Waals surface area contributed by atoms with E-state index in [1.165, 1.54) is 24.4 Å². The Hall–Kier alpha value is -3.09. The summed E-state index contributed by atoms with van der Waals surface area (Å²) in [7, 11) is 0. The summed E-state index contributed by atoms with van der Waals surface area (Å²) in [6.07, 6.45) is 5.25. The van der Waals surface area contributed by atoms with E-state index in [1.54, 1.807) is 19.2 Å². The average Bonchev–Trinajstić information content (AvgIpc) is 3.14. The standard InChI is InChI=1S/C24H22F2N4O/c1-4-19(31)18-11-27-12-20(28-18)24-9-8-14(23(24,2)3)13-10-17(29-30-22(13)24)21-15(25)6-5-7-16(21)26/h5-7,10-12,14H,4,8-9H2,1-3H3/t14-,24-/m0/s1. The molecule has 0 saturated heterocycles. The van der Waals surface area contributed by atoms with E-state index in [9.17, 15) is 13.6 Å². The topological polar surface area (TPSA) is 68.6 Å². The lowest BCUT2D eigenvalue weighted by molar-refractivity contribution is 0.0982. The first kappa shape index (κ1) is 19.8. The highest BCUT2D eigenvalue weighted by Gasteiger charge is 2.65. The maximum absolute atomic E-state index is 14.4. The number of benzene rings is 1. The lowest BCUT2D eigenvalue weighted by Gasteiger charge is -2.37. The molecule has 31 heavy (non-hydrogen) atoms. The van der Waals surface area contributed by atoms with Crippen LogP contribution in [0.1, 0.15) is 73.4 Å². The molecule has 1 aromatic carbocycles. The van der Waals surface area contributed by atoms with Crippen molar-refractivity contribution in [3.8, 4) is 11.3 Å². The van der Waals surface area contributed by atoms with Crippen LogP contribution in [0.25, 0.3) is 11.3 Å². The van der Waals surface area contributed by atoms with Gasteiger partial charge in [-0.25, -0.2) is 13.8 Å². The molecule has 1 saturated carbocycles. The fourth-order valence-corrected chi connectivity index (χ4v) is 5.64. The van der Waals surface area contributed by atoms with E-state index in [-0.39, 0.29) is 28.4 Å². The molecule has 0 radical (unpaired) electrons. The van der Waals surface area contributed by atoms with Gasteiger partial charge < -0.3 is 0 Å². The number of aromatic nitrogens is 4. The van der Waals surface area contributed by atoms with Crippen LogP contribution in [-0.2, 0) is 5.41 Å². The summed E-state index contributed by atoms with van der Waals surface area (Å²) in [5, 5.41) is 8.73. The Balaban J connectivity index is 1.70. The number of rotatable bonds is 4. The highest BCUT2D eigenvalue weighted by molar-refractivity contribution is 5.93. The predicted molar refractivity (Wildman–Crippen MR) is 111 cm³/mol. The molecule has 5 nitrogen and oxygen atoms in total. The van der Waals surface area contributed by atoms with Gasteiger partial charge in [-0.15, -0.1) is 5.10 Å². The number of carbonyl (C=O) groups is 1. The zero-order valence-corrected chi connectivity index (χ0v) is 17.6. The minimum absolute atomic E-state index is 0.0622. The van der Waals surface area contributed by atoms with Gasteiger partial charge in [-0.2, -0.15) is 5.10 Å². The summed E-state index contributed by atoms with van der Waals surface area (Å²) >= 11 is 0. The maximum Gasteiger partial charge on any atom is 0.182 e. The fraction of sp³-hybridized carbons (Fsp3) is 0.375. The molecule has 158 valence electrons. The maximum atomic E-state index is 14.4. The van der Waals surface area contributed by atoms with Gasteiger partial charge in [-0.05, 0) is 47.9 Å². The first-order valence-electron chi connectivity index (χ1n) is 10.5. The summed E-state index contributed by atoms with van der Waals surface area (Å²) < 4.78 is 28.7. The van der Waals surface area contributed by atoms with Crippen molar-refractivity contribution in [3.05, 3.63) is 70.9 Å². The van der Waals surface area contributed by atoms with Crippen LogP contribution in [0.4, 0.5) is 8.78 Å². The highest BCUT2D eigenvalue weighted by atomic mass is 19.1. The van der Waals surface area contributed by atoms with Crippen molar-refractivity contribution >= 4 is 5.78 Å². The third-order valence-corrected chi connectivity index (χ3v) is 7.28. The van der Waals surface area contributed by atoms with E-state index in [2.05, 4.69) is 29.0 Å². The SMILES string of the molecule is CCC(=O)c1cncc([C@@]23CC[C@@H](c4cc(-c5c(F)cccc5F)nnc42)C3(C)C)n1. The monoisotopic (exact) mass is 420 g/mol. The first-order valence-corrected chi connectivity index (χ1v) is 10.5. The molecule has 7 heteroatoms. The van der Waals surface area contributed by atoms with Gasteiger partial charge >= 0.3 is 0 Å². The van der Waals surface area contributed by atoms with Crippen molar-refractivity contribution in [2.24, 2.45) is 5.41 Å². The van der Waals surface area contributed by atoms with Crippen molar-refractivity contribution < 1.29 is 13.6 Å². The quantitative estimate of drug-likeness (QED) is 0.555. The summed E-state index contributed by atoms with van der Waals surface area (Å²) in [5.74, 6) is -1.25. The van der Waals surface area contributed by atoms with Crippen LogP contribution in [0.3, 0.4) is 0 Å². The summed E-state index contributed by atoms with van der Waals surface area (Å²) in [6.45, 7) is 6.11. The van der Waals surface area contributed by atoms with Crippen molar-refractivity contribution in [1.29, 1.82) is 0 Å². The summed E-state index contributed by atoms with van der Waals surface area (Å²) in [6, 6.07) is 5.54. The van der Waals surface area contributed by atoms with Gasteiger partial charge in [-0.1, -0.05) is 26.8 Å². The van der Waals surface area contributed by atoms with Crippen molar-refractivity contribution in [2.45, 2.75) is 51.4 Å². The smallest absolute Gasteiger partial charge is 0.182 e. The fourth-order valence-electron chi connectivity index (χ4n) is 5.64. The number of Topliss-reactive ketones (excluding diaryl/α,β-unsaturated/α-hetero) is 1. The van der Waals surface area contributed by atoms with Crippen molar-refractivity contribution in [2.75, 3.05) is 0 Å². The van der Waals surface area contributed by atoms with Crippen LogP contribution in [0.2, 0.25) is 0 Å². The number of carbonyl (C=O) groups excluding carboxylic acids is 1. The minimum atomic E-state index is -0.664. The Bertz CT molecular complexity index is 1210. The number of halogens is 2. The van der Waals surface area contributed by atoms with Crippen LogP contribution < -0.4 is 0 Å². The van der Waals surface area contributed by atoms with Gasteiger partial charge in [0.1, 0.15) is 17.3 Å². The van der Waals surface area contributed by atoms with E-state index in [1.807, 2.05) is 0 Å². The molecule has 2 heterocycles. The second-order valence-electron chi connectivity index (χ2n) is 8.91.